The molecule has 0 aliphatic heterocycles. The van der Waals surface area contributed by atoms with Crippen LogP contribution in [0, 0.1) is 13.8 Å². The summed E-state index contributed by atoms with van der Waals surface area (Å²) < 4.78 is 29.4. The van der Waals surface area contributed by atoms with E-state index < -0.39 is 38.4 Å². The molecule has 352 valence electrons. The zero-order valence-corrected chi connectivity index (χ0v) is 48.3. The summed E-state index contributed by atoms with van der Waals surface area (Å²) in [6.45, 7) is 23.4. The molecule has 61 heavy (non-hydrogen) atoms. The van der Waals surface area contributed by atoms with E-state index in [1.807, 2.05) is 0 Å². The van der Waals surface area contributed by atoms with Crippen molar-refractivity contribution in [1.82, 2.24) is 0 Å². The first-order valence-electron chi connectivity index (χ1n) is 27.0. The van der Waals surface area contributed by atoms with E-state index in [-0.39, 0.29) is 0 Å². The average Bonchev–Trinajstić information content (AvgIpc) is 3.25. The van der Waals surface area contributed by atoms with Crippen LogP contribution in [0.3, 0.4) is 0 Å². The van der Waals surface area contributed by atoms with Crippen molar-refractivity contribution in [3.63, 3.8) is 0 Å². The van der Waals surface area contributed by atoms with Gasteiger partial charge in [-0.15, -0.1) is 0 Å². The molecule has 0 saturated heterocycles. The minimum absolute atomic E-state index is 1.06. The van der Waals surface area contributed by atoms with Gasteiger partial charge in [0, 0.05) is 0 Å². The van der Waals surface area contributed by atoms with Gasteiger partial charge in [-0.25, -0.2) is 0 Å². The van der Waals surface area contributed by atoms with E-state index >= 15 is 0 Å². The second-order valence-corrected chi connectivity index (χ2v) is 40.8. The fraction of sp³-hybridized carbons (Fsp3) is 0.786. The summed E-state index contributed by atoms with van der Waals surface area (Å²) in [5.41, 5.74) is 8.82. The van der Waals surface area contributed by atoms with Crippen LogP contribution in [0.4, 0.5) is 0 Å². The van der Waals surface area contributed by atoms with Gasteiger partial charge in [0.2, 0.25) is 0 Å². The summed E-state index contributed by atoms with van der Waals surface area (Å²) in [5.74, 6) is 2.37. The number of rotatable bonds is 40. The van der Waals surface area contributed by atoms with Crippen LogP contribution in [0.25, 0.3) is 0 Å². The van der Waals surface area contributed by atoms with Gasteiger partial charge in [-0.3, -0.25) is 0 Å². The minimum atomic E-state index is -3.94. The van der Waals surface area contributed by atoms with Crippen molar-refractivity contribution in [3.05, 3.63) is 57.6 Å². The molecule has 0 bridgehead atoms. The Labute approximate surface area is 391 Å². The summed E-state index contributed by atoms with van der Waals surface area (Å²) >= 11 is -7.89. The van der Waals surface area contributed by atoms with Gasteiger partial charge in [-0.05, 0) is 0 Å². The summed E-state index contributed by atoms with van der Waals surface area (Å²) in [6, 6.07) is 9.50. The van der Waals surface area contributed by atoms with Crippen molar-refractivity contribution in [2.24, 2.45) is 0 Å². The molecule has 0 fully saturated rings. The van der Waals surface area contributed by atoms with Crippen LogP contribution in [0.2, 0.25) is 17.7 Å². The number of aryl methyl sites for hydroxylation is 2. The Morgan fingerprint density at radius 2 is 0.607 bits per heavy atom. The predicted molar refractivity (Wildman–Crippen MR) is 276 cm³/mol. The van der Waals surface area contributed by atoms with E-state index in [2.05, 4.69) is 93.5 Å². The average molecular weight is 1060 g/mol. The first kappa shape index (κ1) is 56.7. The van der Waals surface area contributed by atoms with E-state index in [0.717, 1.165) is 38.5 Å². The van der Waals surface area contributed by atoms with Gasteiger partial charge in [0.1, 0.15) is 0 Å². The number of unbranched alkanes of at least 4 members (excludes halogenated alkanes) is 20. The number of hydrogen-bond acceptors (Lipinski definition) is 3. The van der Waals surface area contributed by atoms with Gasteiger partial charge in [-0.1, -0.05) is 0 Å². The van der Waals surface area contributed by atoms with E-state index in [1.165, 1.54) is 217 Å². The normalized spacial score (nSPS) is 12.1. The predicted octanol–water partition coefficient (Wildman–Crippen LogP) is 19.1. The third kappa shape index (κ3) is 21.6. The van der Waals surface area contributed by atoms with Gasteiger partial charge >= 0.3 is 395 Å². The molecule has 0 saturated carbocycles. The second kappa shape index (κ2) is 34.9. The Morgan fingerprint density at radius 3 is 0.869 bits per heavy atom. The fourth-order valence-corrected chi connectivity index (χ4v) is 50.6. The zero-order valence-electron chi connectivity index (χ0n) is 42.6. The fourth-order valence-electron chi connectivity index (χ4n) is 9.94. The molecule has 0 aliphatic rings. The number of hydrogen-bond donors (Lipinski definition) is 0. The molecule has 0 heterocycles. The van der Waals surface area contributed by atoms with Crippen molar-refractivity contribution in [1.29, 1.82) is 0 Å². The first-order chi connectivity index (χ1) is 29.7. The quantitative estimate of drug-likeness (QED) is 0.0492. The molecule has 2 aromatic rings. The third-order valence-electron chi connectivity index (χ3n) is 13.6. The molecule has 5 heteroatoms. The molecule has 0 aliphatic carbocycles. The van der Waals surface area contributed by atoms with Crippen LogP contribution < -0.4 is 6.15 Å². The van der Waals surface area contributed by atoms with Crippen LogP contribution in [-0.4, -0.2) is 38.4 Å². The van der Waals surface area contributed by atoms with Crippen molar-refractivity contribution in [2.45, 2.75) is 280 Å². The molecule has 2 aromatic carbocycles. The summed E-state index contributed by atoms with van der Waals surface area (Å²) in [5, 5.41) is 0. The number of benzene rings is 2. The van der Waals surface area contributed by atoms with Crippen molar-refractivity contribution >= 4 is 38.4 Å². The summed E-state index contributed by atoms with van der Waals surface area (Å²) in [6.07, 6.45) is 38.1. The van der Waals surface area contributed by atoms with Gasteiger partial charge < -0.3 is 0 Å². The van der Waals surface area contributed by atoms with Gasteiger partial charge in [0.25, 0.3) is 0 Å². The molecule has 0 spiro atoms. The molecule has 2 rings (SSSR count). The Hall–Kier alpha value is -0.403. The topological polar surface area (TPSA) is 27.7 Å². The molecule has 0 aromatic heterocycles. The van der Waals surface area contributed by atoms with Crippen molar-refractivity contribution < 1.29 is 7.56 Å². The SMILES string of the molecule is CCCCCCC[CH2][Sn]([CH2]CCCCCCC)([O]c1ccc(C)c(CC)c1CCC)[O][Sn]([CH2]CCCCCCC)([CH2]CCCCCCC)[O]c1ccc(C)c(CC)c1CCC. The van der Waals surface area contributed by atoms with Crippen LogP contribution in [0.5, 0.6) is 11.5 Å². The Morgan fingerprint density at radius 1 is 0.328 bits per heavy atom. The van der Waals surface area contributed by atoms with Gasteiger partial charge in [0.05, 0.1) is 0 Å². The van der Waals surface area contributed by atoms with Crippen LogP contribution >= 0.6 is 0 Å². The van der Waals surface area contributed by atoms with Crippen LogP contribution in [0.1, 0.15) is 256 Å². The summed E-state index contributed by atoms with van der Waals surface area (Å²) in [7, 11) is 0. The van der Waals surface area contributed by atoms with Crippen molar-refractivity contribution in [3.8, 4) is 11.5 Å². The van der Waals surface area contributed by atoms with Gasteiger partial charge in [-0.2, -0.15) is 0 Å². The molecule has 0 radical (unpaired) electrons. The molecule has 0 N–H and O–H groups in total. The van der Waals surface area contributed by atoms with Crippen molar-refractivity contribution in [2.75, 3.05) is 0 Å². The third-order valence-corrected chi connectivity index (χ3v) is 46.0. The summed E-state index contributed by atoms with van der Waals surface area (Å²) in [4.78, 5) is 0. The van der Waals surface area contributed by atoms with Crippen LogP contribution in [0.15, 0.2) is 24.3 Å². The van der Waals surface area contributed by atoms with Gasteiger partial charge in [0.15, 0.2) is 0 Å². The maximum atomic E-state index is 8.59. The van der Waals surface area contributed by atoms with E-state index in [9.17, 15) is 0 Å². The molecule has 0 amide bonds. The molecule has 0 atom stereocenters. The van der Waals surface area contributed by atoms with E-state index in [0.29, 0.717) is 0 Å². The van der Waals surface area contributed by atoms with E-state index in [1.54, 1.807) is 0 Å². The zero-order chi connectivity index (χ0) is 44.6. The monoisotopic (exact) mass is 1060 g/mol. The molecule has 0 unspecified atom stereocenters. The first-order valence-corrected chi connectivity index (χ1v) is 39.8. The molecular weight excluding hydrogens is 958 g/mol. The molecule has 3 nitrogen and oxygen atoms in total. The maximum absolute atomic E-state index is 8.59. The Bertz CT molecular complexity index is 1250. The standard InChI is InChI=1S/2C12H18O.4C8H17.O.2Sn/c2*1-4-6-11-10(5-2)9(3)7-8-12(11)13;4*1-3-5-7-8-6-4-2;;;/h2*7-8,13H,4-6H2,1-3H3;4*1,3-8H2,2H3;;;/q;;;;;;;2*+1/p-2. The van der Waals surface area contributed by atoms with Crippen LogP contribution in [-0.2, 0) is 27.1 Å². The van der Waals surface area contributed by atoms with E-state index in [4.69, 9.17) is 7.56 Å². The Balaban J connectivity index is 2.90. The molecular formula is C56H102O3Sn2. The Kier molecular flexibility index (Phi) is 32.4. The second-order valence-electron chi connectivity index (χ2n) is 19.1.